The lowest BCUT2D eigenvalue weighted by molar-refractivity contribution is 0.170. The molecule has 1 aromatic carbocycles. The molecule has 0 saturated carbocycles. The molecule has 4 rings (SSSR count). The molecule has 6 nitrogen and oxygen atoms in total. The standard InChI is InChI=1S/C20H22N2O4/c1-13(15-6-7-17-19(11-15)25-10-9-24-17)22(3)12-16-14(2)26-20(21-16)18-5-4-8-23-18/h4-8,11,13H,9-10,12H2,1-3H3/t13-/m1/s1. The van der Waals surface area contributed by atoms with Crippen molar-refractivity contribution in [3.05, 3.63) is 53.6 Å². The Balaban J connectivity index is 1.50. The number of benzene rings is 1. The van der Waals surface area contributed by atoms with Gasteiger partial charge in [0.1, 0.15) is 19.0 Å². The Bertz CT molecular complexity index is 885. The van der Waals surface area contributed by atoms with E-state index in [-0.39, 0.29) is 6.04 Å². The third kappa shape index (κ3) is 3.20. The van der Waals surface area contributed by atoms with Crippen LogP contribution in [0.2, 0.25) is 0 Å². The molecule has 0 bridgehead atoms. The number of nitrogens with zero attached hydrogens (tertiary/aromatic N) is 2. The van der Waals surface area contributed by atoms with E-state index in [1.807, 2.05) is 25.1 Å². The topological polar surface area (TPSA) is 60.9 Å². The van der Waals surface area contributed by atoms with Gasteiger partial charge in [-0.3, -0.25) is 4.90 Å². The van der Waals surface area contributed by atoms with Crippen LogP contribution in [-0.2, 0) is 6.54 Å². The number of rotatable bonds is 5. The number of oxazole rings is 1. The molecule has 3 heterocycles. The predicted molar refractivity (Wildman–Crippen MR) is 96.3 cm³/mol. The molecule has 136 valence electrons. The van der Waals surface area contributed by atoms with E-state index in [0.29, 0.717) is 31.4 Å². The number of hydrogen-bond donors (Lipinski definition) is 0. The van der Waals surface area contributed by atoms with Gasteiger partial charge in [-0.15, -0.1) is 0 Å². The predicted octanol–water partition coefficient (Wildman–Crippen LogP) is 4.21. The largest absolute Gasteiger partial charge is 0.486 e. The second kappa shape index (κ2) is 6.88. The normalized spacial score (nSPS) is 14.6. The summed E-state index contributed by atoms with van der Waals surface area (Å²) >= 11 is 0. The number of hydrogen-bond acceptors (Lipinski definition) is 6. The zero-order chi connectivity index (χ0) is 18.1. The Morgan fingerprint density at radius 1 is 1.15 bits per heavy atom. The number of aryl methyl sites for hydroxylation is 1. The van der Waals surface area contributed by atoms with Crippen molar-refractivity contribution in [1.29, 1.82) is 0 Å². The van der Waals surface area contributed by atoms with E-state index in [9.17, 15) is 0 Å². The molecule has 0 unspecified atom stereocenters. The quantitative estimate of drug-likeness (QED) is 0.684. The first-order chi connectivity index (χ1) is 12.6. The van der Waals surface area contributed by atoms with Crippen LogP contribution in [0.3, 0.4) is 0 Å². The highest BCUT2D eigenvalue weighted by Gasteiger charge is 2.20. The molecular weight excluding hydrogens is 332 g/mol. The van der Waals surface area contributed by atoms with E-state index in [1.54, 1.807) is 6.26 Å². The van der Waals surface area contributed by atoms with Crippen LogP contribution in [0.1, 0.15) is 30.0 Å². The van der Waals surface area contributed by atoms with Crippen molar-refractivity contribution in [2.24, 2.45) is 0 Å². The van der Waals surface area contributed by atoms with Crippen LogP contribution in [0.4, 0.5) is 0 Å². The average molecular weight is 354 g/mol. The fourth-order valence-electron chi connectivity index (χ4n) is 3.03. The Kier molecular flexibility index (Phi) is 4.42. The SMILES string of the molecule is Cc1oc(-c2ccco2)nc1CN(C)[C@H](C)c1ccc2c(c1)OCCO2. The summed E-state index contributed by atoms with van der Waals surface area (Å²) in [7, 11) is 2.07. The van der Waals surface area contributed by atoms with Gasteiger partial charge in [-0.25, -0.2) is 4.98 Å². The minimum absolute atomic E-state index is 0.189. The molecule has 3 aromatic rings. The number of fused-ring (bicyclic) bond motifs is 1. The van der Waals surface area contributed by atoms with Crippen LogP contribution < -0.4 is 9.47 Å². The molecule has 0 aliphatic carbocycles. The van der Waals surface area contributed by atoms with Crippen molar-refractivity contribution >= 4 is 0 Å². The minimum atomic E-state index is 0.189. The summed E-state index contributed by atoms with van der Waals surface area (Å²) in [5.41, 5.74) is 2.08. The molecule has 2 aromatic heterocycles. The first-order valence-corrected chi connectivity index (χ1v) is 8.72. The molecule has 0 amide bonds. The van der Waals surface area contributed by atoms with E-state index >= 15 is 0 Å². The van der Waals surface area contributed by atoms with Crippen LogP contribution in [-0.4, -0.2) is 30.1 Å². The van der Waals surface area contributed by atoms with Crippen LogP contribution in [0, 0.1) is 6.92 Å². The first-order valence-electron chi connectivity index (χ1n) is 8.72. The van der Waals surface area contributed by atoms with Gasteiger partial charge < -0.3 is 18.3 Å². The molecule has 0 saturated heterocycles. The lowest BCUT2D eigenvalue weighted by atomic mass is 10.1. The highest BCUT2D eigenvalue weighted by atomic mass is 16.6. The monoisotopic (exact) mass is 354 g/mol. The third-order valence-corrected chi connectivity index (χ3v) is 4.73. The van der Waals surface area contributed by atoms with Gasteiger partial charge in [0, 0.05) is 12.6 Å². The van der Waals surface area contributed by atoms with E-state index in [4.69, 9.17) is 18.3 Å². The first kappa shape index (κ1) is 16.7. The van der Waals surface area contributed by atoms with Crippen LogP contribution in [0.25, 0.3) is 11.7 Å². The molecule has 6 heteroatoms. The zero-order valence-corrected chi connectivity index (χ0v) is 15.2. The van der Waals surface area contributed by atoms with Gasteiger partial charge in [-0.05, 0) is 50.7 Å². The second-order valence-corrected chi connectivity index (χ2v) is 6.49. The zero-order valence-electron chi connectivity index (χ0n) is 15.2. The van der Waals surface area contributed by atoms with E-state index in [0.717, 1.165) is 23.0 Å². The highest BCUT2D eigenvalue weighted by Crippen LogP contribution is 2.34. The van der Waals surface area contributed by atoms with Gasteiger partial charge >= 0.3 is 0 Å². The summed E-state index contributed by atoms with van der Waals surface area (Å²) < 4.78 is 22.4. The Morgan fingerprint density at radius 2 is 1.96 bits per heavy atom. The molecule has 0 spiro atoms. The van der Waals surface area contributed by atoms with E-state index < -0.39 is 0 Å². The molecular formula is C20H22N2O4. The lowest BCUT2D eigenvalue weighted by Crippen LogP contribution is -2.23. The smallest absolute Gasteiger partial charge is 0.263 e. The maximum Gasteiger partial charge on any atom is 0.263 e. The molecule has 0 N–H and O–H groups in total. The summed E-state index contributed by atoms with van der Waals surface area (Å²) in [4.78, 5) is 6.82. The Labute approximate surface area is 152 Å². The average Bonchev–Trinajstić information content (AvgIpc) is 3.31. The Hall–Kier alpha value is -2.73. The van der Waals surface area contributed by atoms with Gasteiger partial charge in [0.15, 0.2) is 17.3 Å². The summed E-state index contributed by atoms with van der Waals surface area (Å²) in [5.74, 6) is 3.58. The van der Waals surface area contributed by atoms with Crippen molar-refractivity contribution < 1.29 is 18.3 Å². The van der Waals surface area contributed by atoms with Crippen molar-refractivity contribution in [3.63, 3.8) is 0 Å². The number of ether oxygens (including phenoxy) is 2. The van der Waals surface area contributed by atoms with Crippen LogP contribution in [0.15, 0.2) is 45.4 Å². The lowest BCUT2D eigenvalue weighted by Gasteiger charge is -2.26. The molecule has 0 radical (unpaired) electrons. The summed E-state index contributed by atoms with van der Waals surface area (Å²) in [6, 6.07) is 9.97. The van der Waals surface area contributed by atoms with Gasteiger partial charge in [-0.2, -0.15) is 0 Å². The van der Waals surface area contributed by atoms with Crippen molar-refractivity contribution in [2.75, 3.05) is 20.3 Å². The van der Waals surface area contributed by atoms with Crippen LogP contribution in [0.5, 0.6) is 11.5 Å². The maximum absolute atomic E-state index is 5.75. The Morgan fingerprint density at radius 3 is 2.73 bits per heavy atom. The molecule has 1 atom stereocenters. The fourth-order valence-corrected chi connectivity index (χ4v) is 3.03. The highest BCUT2D eigenvalue weighted by molar-refractivity contribution is 5.45. The maximum atomic E-state index is 5.75. The summed E-state index contributed by atoms with van der Waals surface area (Å²) in [6.07, 6.45) is 1.62. The molecule has 26 heavy (non-hydrogen) atoms. The fraction of sp³-hybridized carbons (Fsp3) is 0.350. The minimum Gasteiger partial charge on any atom is -0.486 e. The van der Waals surface area contributed by atoms with Gasteiger partial charge in [0.05, 0.1) is 12.0 Å². The van der Waals surface area contributed by atoms with Gasteiger partial charge in [0.25, 0.3) is 5.89 Å². The number of furan rings is 1. The third-order valence-electron chi connectivity index (χ3n) is 4.73. The van der Waals surface area contributed by atoms with Crippen LogP contribution >= 0.6 is 0 Å². The summed E-state index contributed by atoms with van der Waals surface area (Å²) in [6.45, 7) is 5.96. The molecule has 1 aliphatic heterocycles. The van der Waals surface area contributed by atoms with Gasteiger partial charge in [0.2, 0.25) is 0 Å². The van der Waals surface area contributed by atoms with E-state index in [1.165, 1.54) is 5.56 Å². The second-order valence-electron chi connectivity index (χ2n) is 6.49. The van der Waals surface area contributed by atoms with Gasteiger partial charge in [-0.1, -0.05) is 6.07 Å². The van der Waals surface area contributed by atoms with Crippen molar-refractivity contribution in [2.45, 2.75) is 26.4 Å². The summed E-state index contributed by atoms with van der Waals surface area (Å²) in [5, 5.41) is 0. The van der Waals surface area contributed by atoms with E-state index in [2.05, 4.69) is 36.0 Å². The molecule has 1 aliphatic rings. The molecule has 0 fully saturated rings. The van der Waals surface area contributed by atoms with Crippen molar-refractivity contribution in [1.82, 2.24) is 9.88 Å². The number of aromatic nitrogens is 1. The van der Waals surface area contributed by atoms with Crippen molar-refractivity contribution in [3.8, 4) is 23.1 Å².